The Morgan fingerprint density at radius 1 is 0.660 bits per heavy atom. The average molecular weight is 715 g/mol. The highest BCUT2D eigenvalue weighted by Crippen LogP contribution is 2.39. The number of anilines is 4. The number of fused-ring (bicyclic) bond motifs is 1. The minimum absolute atomic E-state index is 0.625. The van der Waals surface area contributed by atoms with E-state index in [9.17, 15) is 0 Å². The summed E-state index contributed by atoms with van der Waals surface area (Å²) in [6.07, 6.45) is 4.64. The Bertz CT molecular complexity index is 1900. The maximum atomic E-state index is 5.67. The first-order chi connectivity index (χ1) is 26.1. The van der Waals surface area contributed by atoms with Gasteiger partial charge in [-0.1, -0.05) is 36.4 Å². The lowest BCUT2D eigenvalue weighted by Gasteiger charge is -2.28. The van der Waals surface area contributed by atoms with Gasteiger partial charge in [-0.15, -0.1) is 0 Å². The second-order valence-electron chi connectivity index (χ2n) is 13.6. The Morgan fingerprint density at radius 3 is 1.81 bits per heavy atom. The van der Waals surface area contributed by atoms with Crippen LogP contribution < -0.4 is 24.2 Å². The van der Waals surface area contributed by atoms with E-state index in [1.54, 1.807) is 14.2 Å². The van der Waals surface area contributed by atoms with Crippen LogP contribution in [-0.2, 0) is 35.5 Å². The predicted molar refractivity (Wildman–Crippen MR) is 205 cm³/mol. The van der Waals surface area contributed by atoms with Gasteiger partial charge < -0.3 is 33.6 Å². The lowest BCUT2D eigenvalue weighted by molar-refractivity contribution is 0.0342. The van der Waals surface area contributed by atoms with Gasteiger partial charge in [0.15, 0.2) is 0 Å². The Morgan fingerprint density at radius 2 is 1.23 bits per heavy atom. The van der Waals surface area contributed by atoms with Crippen LogP contribution in [0.25, 0.3) is 11.3 Å². The molecule has 53 heavy (non-hydrogen) atoms. The third kappa shape index (κ3) is 8.04. The van der Waals surface area contributed by atoms with E-state index in [0.29, 0.717) is 38.2 Å². The summed E-state index contributed by atoms with van der Waals surface area (Å²) < 4.78 is 22.0. The van der Waals surface area contributed by atoms with Gasteiger partial charge in [0, 0.05) is 81.6 Å². The molecule has 0 radical (unpaired) electrons. The largest absolute Gasteiger partial charge is 0.497 e. The van der Waals surface area contributed by atoms with E-state index in [-0.39, 0.29) is 0 Å². The summed E-state index contributed by atoms with van der Waals surface area (Å²) >= 11 is 0. The summed E-state index contributed by atoms with van der Waals surface area (Å²) in [6, 6.07) is 25.2. The van der Waals surface area contributed by atoms with Crippen LogP contribution in [0, 0.1) is 0 Å². The van der Waals surface area contributed by atoms with Crippen molar-refractivity contribution in [2.45, 2.75) is 26.1 Å². The van der Waals surface area contributed by atoms with E-state index in [2.05, 4.69) is 68.1 Å². The molecule has 2 aromatic heterocycles. The van der Waals surface area contributed by atoms with Crippen molar-refractivity contribution < 1.29 is 18.9 Å². The second-order valence-corrected chi connectivity index (χ2v) is 13.6. The molecule has 12 heteroatoms. The fraction of sp³-hybridized carbons (Fsp3) is 0.366. The minimum Gasteiger partial charge on any atom is -0.497 e. The maximum absolute atomic E-state index is 5.67. The number of hydrogen-bond acceptors (Lipinski definition) is 12. The SMILES string of the molecule is COc1ccc(CN(Cc2ccc(OC)cc2)c2ncc(-c3nc(N4CCOCC4)nc4c3CCN4c3ccc(CN4CCOCC4)cc3)cn2)cc1. The van der Waals surface area contributed by atoms with Crippen molar-refractivity contribution in [3.63, 3.8) is 0 Å². The molecule has 3 aliphatic heterocycles. The summed E-state index contributed by atoms with van der Waals surface area (Å²) in [6.45, 7) is 9.35. The van der Waals surface area contributed by atoms with Gasteiger partial charge in [0.05, 0.1) is 46.3 Å². The van der Waals surface area contributed by atoms with Gasteiger partial charge in [-0.2, -0.15) is 4.98 Å². The molecule has 0 N–H and O–H groups in total. The number of methoxy groups -OCH3 is 2. The molecule has 3 aliphatic rings. The average Bonchev–Trinajstić information content (AvgIpc) is 3.66. The molecule has 8 rings (SSSR count). The van der Waals surface area contributed by atoms with Crippen LogP contribution in [-0.4, -0.2) is 98.2 Å². The number of benzene rings is 3. The zero-order valence-corrected chi connectivity index (χ0v) is 30.5. The van der Waals surface area contributed by atoms with Gasteiger partial charge in [0.1, 0.15) is 17.3 Å². The van der Waals surface area contributed by atoms with Crippen LogP contribution in [0.1, 0.15) is 22.3 Å². The van der Waals surface area contributed by atoms with Gasteiger partial charge in [0.25, 0.3) is 0 Å². The van der Waals surface area contributed by atoms with Crippen molar-refractivity contribution in [3.05, 3.63) is 107 Å². The van der Waals surface area contributed by atoms with Gasteiger partial charge in [-0.05, 0) is 59.5 Å². The van der Waals surface area contributed by atoms with E-state index >= 15 is 0 Å². The first kappa shape index (κ1) is 34.8. The number of nitrogens with zero attached hydrogens (tertiary/aromatic N) is 8. The molecule has 2 saturated heterocycles. The van der Waals surface area contributed by atoms with E-state index in [1.807, 2.05) is 36.7 Å². The molecule has 5 heterocycles. The Kier molecular flexibility index (Phi) is 10.6. The summed E-state index contributed by atoms with van der Waals surface area (Å²) in [5.74, 6) is 3.94. The molecule has 2 fully saturated rings. The van der Waals surface area contributed by atoms with Crippen LogP contribution in [0.15, 0.2) is 85.2 Å². The van der Waals surface area contributed by atoms with Crippen molar-refractivity contribution in [3.8, 4) is 22.8 Å². The Hall–Kier alpha value is -5.30. The standard InChI is InChI=1S/C41H46N8O4/c1-50-35-11-5-31(6-12-35)28-48(29-32-7-13-36(51-2)14-8-32)40-42-25-33(26-43-40)38-37-15-16-49(39(37)45-41(44-38)47-19-23-53-24-20-47)34-9-3-30(4-10-34)27-46-17-21-52-22-18-46/h3-14,25-26H,15-24,27-29H2,1-2H3. The van der Waals surface area contributed by atoms with Crippen LogP contribution in [0.3, 0.4) is 0 Å². The minimum atomic E-state index is 0.625. The smallest absolute Gasteiger partial charge is 0.228 e. The lowest BCUT2D eigenvalue weighted by atomic mass is 10.1. The third-order valence-electron chi connectivity index (χ3n) is 10.1. The molecule has 0 atom stereocenters. The second kappa shape index (κ2) is 16.2. The van der Waals surface area contributed by atoms with Crippen molar-refractivity contribution in [1.29, 1.82) is 0 Å². The van der Waals surface area contributed by atoms with E-state index in [1.165, 1.54) is 5.56 Å². The molecule has 0 spiro atoms. The number of aromatic nitrogens is 4. The van der Waals surface area contributed by atoms with Crippen LogP contribution in [0.2, 0.25) is 0 Å². The van der Waals surface area contributed by atoms with Crippen LogP contribution >= 0.6 is 0 Å². The van der Waals surface area contributed by atoms with Crippen molar-refractivity contribution >= 4 is 23.4 Å². The summed E-state index contributed by atoms with van der Waals surface area (Å²) in [5, 5.41) is 0. The molecule has 3 aromatic carbocycles. The zero-order valence-electron chi connectivity index (χ0n) is 30.5. The monoisotopic (exact) mass is 714 g/mol. The van der Waals surface area contributed by atoms with Gasteiger partial charge >= 0.3 is 0 Å². The number of rotatable bonds is 12. The molecule has 274 valence electrons. The highest BCUT2D eigenvalue weighted by atomic mass is 16.5. The van der Waals surface area contributed by atoms with E-state index in [4.69, 9.17) is 38.9 Å². The van der Waals surface area contributed by atoms with Crippen molar-refractivity contribution in [1.82, 2.24) is 24.8 Å². The van der Waals surface area contributed by atoms with Gasteiger partial charge in [-0.3, -0.25) is 4.90 Å². The Labute approximate surface area is 310 Å². The molecule has 0 aliphatic carbocycles. The van der Waals surface area contributed by atoms with E-state index in [0.717, 1.165) is 110 Å². The molecule has 0 amide bonds. The summed E-state index contributed by atoms with van der Waals surface area (Å²) in [5.41, 5.74) is 7.56. The first-order valence-electron chi connectivity index (χ1n) is 18.4. The third-order valence-corrected chi connectivity index (χ3v) is 10.1. The fourth-order valence-electron chi connectivity index (χ4n) is 7.14. The molecule has 0 bridgehead atoms. The van der Waals surface area contributed by atoms with Crippen LogP contribution in [0.4, 0.5) is 23.4 Å². The normalized spacial score (nSPS) is 16.0. The highest BCUT2D eigenvalue weighted by molar-refractivity contribution is 5.76. The highest BCUT2D eigenvalue weighted by Gasteiger charge is 2.30. The fourth-order valence-corrected chi connectivity index (χ4v) is 7.14. The molecule has 5 aromatic rings. The molecular formula is C41H46N8O4. The van der Waals surface area contributed by atoms with E-state index < -0.39 is 0 Å². The zero-order chi connectivity index (χ0) is 36.0. The predicted octanol–water partition coefficient (Wildman–Crippen LogP) is 5.52. The summed E-state index contributed by atoms with van der Waals surface area (Å²) in [7, 11) is 3.36. The maximum Gasteiger partial charge on any atom is 0.228 e. The number of morpholine rings is 2. The van der Waals surface area contributed by atoms with Gasteiger partial charge in [0.2, 0.25) is 11.9 Å². The first-order valence-corrected chi connectivity index (χ1v) is 18.4. The van der Waals surface area contributed by atoms with Crippen molar-refractivity contribution in [2.24, 2.45) is 0 Å². The lowest BCUT2D eigenvalue weighted by Crippen LogP contribution is -2.37. The van der Waals surface area contributed by atoms with Gasteiger partial charge in [-0.25, -0.2) is 15.0 Å². The molecule has 0 saturated carbocycles. The molecule has 12 nitrogen and oxygen atoms in total. The topological polar surface area (TPSA) is 101 Å². The van der Waals surface area contributed by atoms with Crippen LogP contribution in [0.5, 0.6) is 11.5 Å². The molecule has 0 unspecified atom stereocenters. The number of ether oxygens (including phenoxy) is 4. The number of hydrogen-bond donors (Lipinski definition) is 0. The van der Waals surface area contributed by atoms with Crippen molar-refractivity contribution in [2.75, 3.05) is 88.1 Å². The molecular weight excluding hydrogens is 669 g/mol. The quantitative estimate of drug-likeness (QED) is 0.163. The Balaban J connectivity index is 1.09. The summed E-state index contributed by atoms with van der Waals surface area (Å²) in [4.78, 5) is 29.5.